The number of fused-ring (bicyclic) bond motifs is 1. The first-order valence-corrected chi connectivity index (χ1v) is 7.68. The van der Waals surface area contributed by atoms with Crippen LogP contribution in [0.3, 0.4) is 0 Å². The number of nitrogens with one attached hydrogen (secondary N) is 1. The van der Waals surface area contributed by atoms with Crippen molar-refractivity contribution in [1.29, 1.82) is 0 Å². The van der Waals surface area contributed by atoms with Crippen LogP contribution >= 0.6 is 11.6 Å². The number of benzene rings is 2. The van der Waals surface area contributed by atoms with E-state index in [0.717, 1.165) is 16.5 Å². The molecule has 0 aliphatic carbocycles. The monoisotopic (exact) mass is 344 g/mol. The van der Waals surface area contributed by atoms with E-state index >= 15 is 0 Å². The predicted octanol–water partition coefficient (Wildman–Crippen LogP) is 4.60. The molecule has 5 nitrogen and oxygen atoms in total. The van der Waals surface area contributed by atoms with Gasteiger partial charge in [-0.15, -0.1) is 0 Å². The second-order valence-electron chi connectivity index (χ2n) is 5.33. The average molecular weight is 345 g/mol. The zero-order valence-corrected chi connectivity index (χ0v) is 14.3. The SMILES string of the molecule is COc1ccc2[nH]c(O)c(C=Nc3cc(C)c(Cl)cc3OC)c2c1. The number of nitrogens with zero attached hydrogens (tertiary/aromatic N) is 1. The lowest BCUT2D eigenvalue weighted by Crippen LogP contribution is -1.87. The number of methoxy groups -OCH3 is 2. The van der Waals surface area contributed by atoms with Crippen LogP contribution in [0, 0.1) is 6.92 Å². The van der Waals surface area contributed by atoms with E-state index in [9.17, 15) is 5.11 Å². The molecule has 0 unspecified atom stereocenters. The molecule has 0 spiro atoms. The molecule has 1 aromatic heterocycles. The van der Waals surface area contributed by atoms with Crippen LogP contribution in [0.5, 0.6) is 17.4 Å². The van der Waals surface area contributed by atoms with Gasteiger partial charge >= 0.3 is 0 Å². The Morgan fingerprint density at radius 2 is 1.96 bits per heavy atom. The third-order valence-electron chi connectivity index (χ3n) is 3.82. The fraction of sp³-hybridized carbons (Fsp3) is 0.167. The van der Waals surface area contributed by atoms with Gasteiger partial charge in [-0.1, -0.05) is 11.6 Å². The minimum absolute atomic E-state index is 0.0478. The van der Waals surface area contributed by atoms with Crippen molar-refractivity contribution >= 4 is 34.4 Å². The van der Waals surface area contributed by atoms with Gasteiger partial charge in [-0.2, -0.15) is 0 Å². The van der Waals surface area contributed by atoms with Crippen LogP contribution in [0.15, 0.2) is 35.3 Å². The van der Waals surface area contributed by atoms with Crippen LogP contribution in [0.4, 0.5) is 5.69 Å². The van der Waals surface area contributed by atoms with Crippen molar-refractivity contribution in [2.75, 3.05) is 14.2 Å². The molecule has 0 amide bonds. The molecule has 0 saturated carbocycles. The quantitative estimate of drug-likeness (QED) is 0.679. The topological polar surface area (TPSA) is 66.8 Å². The molecule has 2 N–H and O–H groups in total. The molecule has 0 saturated heterocycles. The van der Waals surface area contributed by atoms with E-state index in [1.165, 1.54) is 0 Å². The van der Waals surface area contributed by atoms with Gasteiger partial charge in [-0.3, -0.25) is 4.99 Å². The summed E-state index contributed by atoms with van der Waals surface area (Å²) < 4.78 is 10.6. The molecule has 0 radical (unpaired) electrons. The highest BCUT2D eigenvalue weighted by Crippen LogP contribution is 2.34. The number of hydrogen-bond donors (Lipinski definition) is 2. The molecule has 0 aliphatic heterocycles. The molecule has 2 aromatic carbocycles. The highest BCUT2D eigenvalue weighted by Gasteiger charge is 2.11. The highest BCUT2D eigenvalue weighted by molar-refractivity contribution is 6.31. The number of halogens is 1. The van der Waals surface area contributed by atoms with Crippen LogP contribution in [-0.4, -0.2) is 30.5 Å². The molecule has 0 fully saturated rings. The van der Waals surface area contributed by atoms with Gasteiger partial charge in [0.25, 0.3) is 0 Å². The van der Waals surface area contributed by atoms with Crippen LogP contribution in [0.25, 0.3) is 10.9 Å². The van der Waals surface area contributed by atoms with E-state index in [2.05, 4.69) is 9.98 Å². The summed E-state index contributed by atoms with van der Waals surface area (Å²) in [5.74, 6) is 1.32. The second kappa shape index (κ2) is 6.45. The van der Waals surface area contributed by atoms with E-state index in [-0.39, 0.29) is 5.88 Å². The Morgan fingerprint density at radius 3 is 2.67 bits per heavy atom. The van der Waals surface area contributed by atoms with E-state index in [1.54, 1.807) is 26.5 Å². The number of H-pyrrole nitrogens is 1. The maximum atomic E-state index is 10.2. The molecule has 3 aromatic rings. The maximum absolute atomic E-state index is 10.2. The van der Waals surface area contributed by atoms with Crippen molar-refractivity contribution in [3.05, 3.63) is 46.5 Å². The standard InChI is InChI=1S/C18H17ClN2O3/c1-10-6-16(17(24-3)8-14(10)19)20-9-13-12-7-11(23-2)4-5-15(12)21-18(13)22/h4-9,21-22H,1-3H3. The van der Waals surface area contributed by atoms with E-state index < -0.39 is 0 Å². The number of aromatic nitrogens is 1. The number of hydrogen-bond acceptors (Lipinski definition) is 4. The van der Waals surface area contributed by atoms with E-state index in [1.807, 2.05) is 31.2 Å². The highest BCUT2D eigenvalue weighted by atomic mass is 35.5. The van der Waals surface area contributed by atoms with Crippen LogP contribution < -0.4 is 9.47 Å². The molecule has 6 heteroatoms. The van der Waals surface area contributed by atoms with Crippen molar-refractivity contribution in [1.82, 2.24) is 4.98 Å². The number of ether oxygens (including phenoxy) is 2. The third kappa shape index (κ3) is 2.90. The molecular formula is C18H17ClN2O3. The Morgan fingerprint density at radius 1 is 1.17 bits per heavy atom. The number of aromatic hydroxyl groups is 1. The van der Waals surface area contributed by atoms with Crippen molar-refractivity contribution in [2.24, 2.45) is 4.99 Å². The summed E-state index contributed by atoms with van der Waals surface area (Å²) in [7, 11) is 3.16. The van der Waals surface area contributed by atoms with Crippen LogP contribution in [0.2, 0.25) is 5.02 Å². The second-order valence-corrected chi connectivity index (χ2v) is 5.74. The summed E-state index contributed by atoms with van der Waals surface area (Å²) in [6.07, 6.45) is 1.60. The molecule has 124 valence electrons. The zero-order valence-electron chi connectivity index (χ0n) is 13.6. The molecular weight excluding hydrogens is 328 g/mol. The van der Waals surface area contributed by atoms with Crippen LogP contribution in [0.1, 0.15) is 11.1 Å². The Labute approximate surface area is 144 Å². The fourth-order valence-electron chi connectivity index (χ4n) is 2.48. The van der Waals surface area contributed by atoms with Gasteiger partial charge < -0.3 is 19.6 Å². The molecule has 0 bridgehead atoms. The number of rotatable bonds is 4. The third-order valence-corrected chi connectivity index (χ3v) is 4.23. The van der Waals surface area contributed by atoms with Gasteiger partial charge in [0.2, 0.25) is 0 Å². The van der Waals surface area contributed by atoms with Gasteiger partial charge in [0.05, 0.1) is 19.8 Å². The van der Waals surface area contributed by atoms with E-state index in [4.69, 9.17) is 21.1 Å². The Kier molecular flexibility index (Phi) is 4.36. The first-order valence-electron chi connectivity index (χ1n) is 7.30. The molecule has 3 rings (SSSR count). The molecule has 24 heavy (non-hydrogen) atoms. The Bertz CT molecular complexity index is 932. The largest absolute Gasteiger partial charge is 0.497 e. The lowest BCUT2D eigenvalue weighted by Gasteiger charge is -2.07. The smallest absolute Gasteiger partial charge is 0.198 e. The lowest BCUT2D eigenvalue weighted by molar-refractivity contribution is 0.415. The van der Waals surface area contributed by atoms with Gasteiger partial charge in [0.15, 0.2) is 5.88 Å². The first-order chi connectivity index (χ1) is 11.5. The summed E-state index contributed by atoms with van der Waals surface area (Å²) in [5.41, 5.74) is 2.91. The summed E-state index contributed by atoms with van der Waals surface area (Å²) in [6.45, 7) is 1.90. The molecule has 0 atom stereocenters. The van der Waals surface area contributed by atoms with Gasteiger partial charge in [-0.05, 0) is 36.8 Å². The summed E-state index contributed by atoms with van der Waals surface area (Å²) >= 11 is 6.11. The lowest BCUT2D eigenvalue weighted by atomic mass is 10.1. The predicted molar refractivity (Wildman–Crippen MR) is 96.5 cm³/mol. The van der Waals surface area contributed by atoms with Crippen molar-refractivity contribution in [3.8, 4) is 17.4 Å². The maximum Gasteiger partial charge on any atom is 0.198 e. The number of aliphatic imine (C=N–C) groups is 1. The summed E-state index contributed by atoms with van der Waals surface area (Å²) in [5, 5.41) is 11.6. The minimum Gasteiger partial charge on any atom is -0.497 e. The van der Waals surface area contributed by atoms with Gasteiger partial charge in [0, 0.05) is 28.2 Å². The number of aryl methyl sites for hydroxylation is 1. The molecule has 0 aliphatic rings. The van der Waals surface area contributed by atoms with Crippen molar-refractivity contribution in [2.45, 2.75) is 6.92 Å². The normalized spacial score (nSPS) is 11.3. The zero-order chi connectivity index (χ0) is 17.3. The Balaban J connectivity index is 2.08. The minimum atomic E-state index is 0.0478. The van der Waals surface area contributed by atoms with Crippen molar-refractivity contribution < 1.29 is 14.6 Å². The summed E-state index contributed by atoms with van der Waals surface area (Å²) in [6, 6.07) is 9.08. The Hall–Kier alpha value is -2.66. The number of aromatic amines is 1. The van der Waals surface area contributed by atoms with Gasteiger partial charge in [0.1, 0.15) is 17.2 Å². The summed E-state index contributed by atoms with van der Waals surface area (Å²) in [4.78, 5) is 7.38. The fourth-order valence-corrected chi connectivity index (χ4v) is 2.64. The first kappa shape index (κ1) is 16.2. The van der Waals surface area contributed by atoms with Crippen molar-refractivity contribution in [3.63, 3.8) is 0 Å². The average Bonchev–Trinajstić information content (AvgIpc) is 2.89. The molecule has 1 heterocycles. The van der Waals surface area contributed by atoms with Crippen LogP contribution in [-0.2, 0) is 0 Å². The van der Waals surface area contributed by atoms with Gasteiger partial charge in [-0.25, -0.2) is 0 Å². The van der Waals surface area contributed by atoms with E-state index in [0.29, 0.717) is 27.8 Å².